The Morgan fingerprint density at radius 1 is 1.30 bits per heavy atom. The van der Waals surface area contributed by atoms with Gasteiger partial charge in [0.05, 0.1) is 18.8 Å². The van der Waals surface area contributed by atoms with Crippen molar-refractivity contribution in [1.29, 1.82) is 0 Å². The molecule has 2 atom stereocenters. The van der Waals surface area contributed by atoms with Crippen molar-refractivity contribution >= 4 is 11.9 Å². The van der Waals surface area contributed by atoms with Crippen LogP contribution in [0.1, 0.15) is 24.8 Å². The normalized spacial score (nSPS) is 19.1. The number of carboxylic acids is 1. The van der Waals surface area contributed by atoms with Crippen LogP contribution >= 0.6 is 0 Å². The highest BCUT2D eigenvalue weighted by atomic mass is 16.5. The average Bonchev–Trinajstić information content (AvgIpc) is 2.65. The van der Waals surface area contributed by atoms with E-state index in [0.29, 0.717) is 19.4 Å². The number of aliphatic hydroxyl groups is 1. The molecule has 0 aliphatic carbocycles. The van der Waals surface area contributed by atoms with Crippen molar-refractivity contribution in [3.05, 3.63) is 60.2 Å². The van der Waals surface area contributed by atoms with Crippen molar-refractivity contribution in [2.75, 3.05) is 19.8 Å². The van der Waals surface area contributed by atoms with E-state index in [2.05, 4.69) is 0 Å². The van der Waals surface area contributed by atoms with Gasteiger partial charge < -0.3 is 19.8 Å². The van der Waals surface area contributed by atoms with Gasteiger partial charge in [-0.2, -0.15) is 0 Å². The van der Waals surface area contributed by atoms with Gasteiger partial charge in [0.2, 0.25) is 5.91 Å². The molecule has 6 heteroatoms. The third-order valence-electron chi connectivity index (χ3n) is 4.36. The van der Waals surface area contributed by atoms with Crippen LogP contribution in [-0.4, -0.2) is 58.9 Å². The predicted molar refractivity (Wildman–Crippen MR) is 102 cm³/mol. The Balaban J connectivity index is 1.85. The second-order valence-corrected chi connectivity index (χ2v) is 6.53. The molecule has 2 unspecified atom stereocenters. The maximum Gasteiger partial charge on any atom is 0.329 e. The van der Waals surface area contributed by atoms with Crippen LogP contribution in [0.5, 0.6) is 0 Å². The molecule has 1 aliphatic heterocycles. The van der Waals surface area contributed by atoms with Gasteiger partial charge >= 0.3 is 5.97 Å². The van der Waals surface area contributed by atoms with Crippen LogP contribution in [0.25, 0.3) is 0 Å². The Morgan fingerprint density at radius 3 is 2.81 bits per heavy atom. The predicted octanol–water partition coefficient (Wildman–Crippen LogP) is 2.18. The fourth-order valence-corrected chi connectivity index (χ4v) is 3.03. The molecule has 6 nitrogen and oxygen atoms in total. The first-order valence-electron chi connectivity index (χ1n) is 9.20. The molecule has 1 heterocycles. The lowest BCUT2D eigenvalue weighted by molar-refractivity contribution is -0.141. The summed E-state index contributed by atoms with van der Waals surface area (Å²) < 4.78 is 4.94. The van der Waals surface area contributed by atoms with Gasteiger partial charge in [-0.25, -0.2) is 4.79 Å². The number of carbonyl (C=O) groups is 2. The Hall–Kier alpha value is -2.44. The molecule has 1 amide bonds. The lowest BCUT2D eigenvalue weighted by Crippen LogP contribution is -2.42. The molecular formula is C21H27NO5. The lowest BCUT2D eigenvalue weighted by atomic mass is 9.99. The summed E-state index contributed by atoms with van der Waals surface area (Å²) in [6.45, 7) is 0.307. The minimum absolute atomic E-state index is 0.0405. The second-order valence-electron chi connectivity index (χ2n) is 6.53. The van der Waals surface area contributed by atoms with Crippen LogP contribution in [0.2, 0.25) is 0 Å². The van der Waals surface area contributed by atoms with Gasteiger partial charge in [0.1, 0.15) is 6.61 Å². The van der Waals surface area contributed by atoms with E-state index >= 15 is 0 Å². The van der Waals surface area contributed by atoms with Crippen molar-refractivity contribution in [2.24, 2.45) is 0 Å². The number of hydrogen-bond donors (Lipinski definition) is 2. The first-order valence-corrected chi connectivity index (χ1v) is 9.20. The topological polar surface area (TPSA) is 87.1 Å². The molecule has 1 aromatic rings. The summed E-state index contributed by atoms with van der Waals surface area (Å²) in [6, 6.07) is 9.74. The van der Waals surface area contributed by atoms with Gasteiger partial charge in [-0.1, -0.05) is 54.6 Å². The Kier molecular flexibility index (Phi) is 8.74. The molecule has 0 spiro atoms. The fourth-order valence-electron chi connectivity index (χ4n) is 3.03. The number of carboxylic acid groups (broad SMARTS) is 1. The molecule has 0 aromatic heterocycles. The first kappa shape index (κ1) is 20.9. The van der Waals surface area contributed by atoms with Crippen molar-refractivity contribution < 1.29 is 24.5 Å². The number of likely N-dealkylation sites (tertiary alicyclic amines) is 1. The highest BCUT2D eigenvalue weighted by Gasteiger charge is 2.25. The van der Waals surface area contributed by atoms with Crippen LogP contribution < -0.4 is 0 Å². The largest absolute Gasteiger partial charge is 0.480 e. The Morgan fingerprint density at radius 2 is 2.07 bits per heavy atom. The van der Waals surface area contributed by atoms with Gasteiger partial charge in [-0.3, -0.25) is 4.79 Å². The summed E-state index contributed by atoms with van der Waals surface area (Å²) in [5.41, 5.74) is 1.07. The van der Waals surface area contributed by atoms with E-state index in [1.807, 2.05) is 42.5 Å². The molecule has 0 saturated carbocycles. The third-order valence-corrected chi connectivity index (χ3v) is 4.36. The summed E-state index contributed by atoms with van der Waals surface area (Å²) in [5, 5.41) is 18.7. The van der Waals surface area contributed by atoms with E-state index in [1.165, 1.54) is 0 Å². The first-order chi connectivity index (χ1) is 13.1. The van der Waals surface area contributed by atoms with Crippen LogP contribution in [0, 0.1) is 0 Å². The van der Waals surface area contributed by atoms with Crippen LogP contribution in [-0.2, 0) is 20.7 Å². The number of aliphatic hydroxyl groups excluding tert-OH is 1. The van der Waals surface area contributed by atoms with Crippen LogP contribution in [0.4, 0.5) is 0 Å². The molecule has 1 aromatic carbocycles. The highest BCUT2D eigenvalue weighted by molar-refractivity contribution is 5.77. The zero-order valence-corrected chi connectivity index (χ0v) is 15.4. The maximum absolute atomic E-state index is 12.2. The maximum atomic E-state index is 12.2. The van der Waals surface area contributed by atoms with Crippen molar-refractivity contribution in [3.63, 3.8) is 0 Å². The number of piperidine rings is 1. The van der Waals surface area contributed by atoms with Crippen molar-refractivity contribution in [2.45, 2.75) is 37.8 Å². The summed E-state index contributed by atoms with van der Waals surface area (Å²) in [4.78, 5) is 24.4. The summed E-state index contributed by atoms with van der Waals surface area (Å²) in [5.74, 6) is -0.918. The van der Waals surface area contributed by atoms with Gasteiger partial charge in [-0.15, -0.1) is 0 Å². The van der Waals surface area contributed by atoms with Crippen LogP contribution in [0.15, 0.2) is 54.6 Å². The van der Waals surface area contributed by atoms with E-state index in [0.717, 1.165) is 18.4 Å². The molecule has 0 radical (unpaired) electrons. The second kappa shape index (κ2) is 11.3. The molecule has 0 bridgehead atoms. The zero-order valence-electron chi connectivity index (χ0n) is 15.4. The fraction of sp³-hybridized carbons (Fsp3) is 0.429. The molecular weight excluding hydrogens is 346 g/mol. The number of carbonyl (C=O) groups excluding carboxylic acids is 1. The SMILES string of the molecule is O=C(O)COCC=CCN1C(=O)CCCC1C=CC(O)Cc1ccccc1. The average molecular weight is 373 g/mol. The molecule has 1 saturated heterocycles. The monoisotopic (exact) mass is 373 g/mol. The molecule has 2 rings (SSSR count). The third kappa shape index (κ3) is 7.76. The van der Waals surface area contributed by atoms with E-state index in [1.54, 1.807) is 17.1 Å². The summed E-state index contributed by atoms with van der Waals surface area (Å²) in [7, 11) is 0. The van der Waals surface area contributed by atoms with Gasteiger partial charge in [0, 0.05) is 19.4 Å². The number of aliphatic carboxylic acids is 1. The number of nitrogens with zero attached hydrogens (tertiary/aromatic N) is 1. The Bertz CT molecular complexity index is 656. The number of hydrogen-bond acceptors (Lipinski definition) is 4. The zero-order chi connectivity index (χ0) is 19.5. The smallest absolute Gasteiger partial charge is 0.329 e. The van der Waals surface area contributed by atoms with E-state index in [-0.39, 0.29) is 25.2 Å². The molecule has 27 heavy (non-hydrogen) atoms. The van der Waals surface area contributed by atoms with Crippen molar-refractivity contribution in [1.82, 2.24) is 4.90 Å². The standard InChI is InChI=1S/C21H27NO5/c23-19(15-17-7-2-1-3-8-17)12-11-18-9-6-10-20(24)22(18)13-4-5-14-27-16-21(25)26/h1-5,7-8,11-12,18-19,23H,6,9-10,13-16H2,(H,25,26). The van der Waals surface area contributed by atoms with Gasteiger partial charge in [0.15, 0.2) is 0 Å². The van der Waals surface area contributed by atoms with Crippen LogP contribution in [0.3, 0.4) is 0 Å². The highest BCUT2D eigenvalue weighted by Crippen LogP contribution is 2.19. The lowest BCUT2D eigenvalue weighted by Gasteiger charge is -2.33. The molecule has 146 valence electrons. The minimum atomic E-state index is -1.01. The van der Waals surface area contributed by atoms with E-state index in [4.69, 9.17) is 9.84 Å². The number of rotatable bonds is 10. The number of benzene rings is 1. The molecule has 1 fully saturated rings. The minimum Gasteiger partial charge on any atom is -0.480 e. The van der Waals surface area contributed by atoms with E-state index in [9.17, 15) is 14.7 Å². The molecule has 1 aliphatic rings. The van der Waals surface area contributed by atoms with Gasteiger partial charge in [-0.05, 0) is 18.4 Å². The summed E-state index contributed by atoms with van der Waals surface area (Å²) in [6.07, 6.45) is 9.39. The van der Waals surface area contributed by atoms with Gasteiger partial charge in [0.25, 0.3) is 0 Å². The number of amides is 1. The van der Waals surface area contributed by atoms with Crippen molar-refractivity contribution in [3.8, 4) is 0 Å². The quantitative estimate of drug-likeness (QED) is 0.485. The summed E-state index contributed by atoms with van der Waals surface area (Å²) >= 11 is 0. The number of ether oxygens (including phenoxy) is 1. The van der Waals surface area contributed by atoms with E-state index < -0.39 is 12.1 Å². The Labute approximate surface area is 159 Å². The molecule has 2 N–H and O–H groups in total.